The highest BCUT2D eigenvalue weighted by molar-refractivity contribution is 6.30. The van der Waals surface area contributed by atoms with E-state index in [1.54, 1.807) is 0 Å². The second kappa shape index (κ2) is 2.52. The monoisotopic (exact) mass is 172 g/mol. The summed E-state index contributed by atoms with van der Waals surface area (Å²) in [5.74, 6) is 0. The molecule has 3 heteroatoms. The van der Waals surface area contributed by atoms with Crippen molar-refractivity contribution < 1.29 is 0 Å². The minimum absolute atomic E-state index is 0.0257. The molecule has 0 amide bonds. The van der Waals surface area contributed by atoms with E-state index in [2.05, 4.69) is 25.9 Å². The quantitative estimate of drug-likeness (QED) is 0.588. The van der Waals surface area contributed by atoms with Gasteiger partial charge in [-0.1, -0.05) is 11.6 Å². The van der Waals surface area contributed by atoms with Gasteiger partial charge >= 0.3 is 0 Å². The van der Waals surface area contributed by atoms with E-state index in [4.69, 9.17) is 11.6 Å². The van der Waals surface area contributed by atoms with Gasteiger partial charge in [-0.3, -0.25) is 4.68 Å². The van der Waals surface area contributed by atoms with E-state index in [0.29, 0.717) is 5.15 Å². The Bertz CT molecular complexity index is 238. The van der Waals surface area contributed by atoms with Gasteiger partial charge < -0.3 is 0 Å². The fraction of sp³-hybridized carbons (Fsp3) is 0.625. The minimum Gasteiger partial charge on any atom is -0.266 e. The zero-order valence-electron chi connectivity index (χ0n) is 7.35. The van der Waals surface area contributed by atoms with Crippen LogP contribution in [0.15, 0.2) is 6.20 Å². The van der Waals surface area contributed by atoms with Crippen molar-refractivity contribution in [3.8, 4) is 0 Å². The number of rotatable bonds is 0. The number of halogens is 1. The molecule has 1 rings (SSSR count). The summed E-state index contributed by atoms with van der Waals surface area (Å²) in [7, 11) is 0. The van der Waals surface area contributed by atoms with Crippen LogP contribution in [-0.2, 0) is 5.54 Å². The maximum atomic E-state index is 5.80. The summed E-state index contributed by atoms with van der Waals surface area (Å²) >= 11 is 5.80. The maximum Gasteiger partial charge on any atom is 0.153 e. The largest absolute Gasteiger partial charge is 0.266 e. The molecule has 0 aliphatic rings. The van der Waals surface area contributed by atoms with Crippen LogP contribution in [0.4, 0.5) is 0 Å². The lowest BCUT2D eigenvalue weighted by Gasteiger charge is -2.18. The van der Waals surface area contributed by atoms with Crippen molar-refractivity contribution in [2.75, 3.05) is 0 Å². The van der Waals surface area contributed by atoms with Gasteiger partial charge in [-0.25, -0.2) is 0 Å². The second-order valence-corrected chi connectivity index (χ2v) is 4.08. The Morgan fingerprint density at radius 2 is 2.00 bits per heavy atom. The molecule has 0 unspecified atom stereocenters. The number of hydrogen-bond acceptors (Lipinski definition) is 1. The van der Waals surface area contributed by atoms with Crippen molar-refractivity contribution in [1.82, 2.24) is 9.78 Å². The van der Waals surface area contributed by atoms with E-state index in [0.717, 1.165) is 5.56 Å². The summed E-state index contributed by atoms with van der Waals surface area (Å²) in [5, 5.41) is 4.76. The van der Waals surface area contributed by atoms with Gasteiger partial charge in [-0.15, -0.1) is 0 Å². The highest BCUT2D eigenvalue weighted by atomic mass is 35.5. The summed E-state index contributed by atoms with van der Waals surface area (Å²) in [6.07, 6.45) is 1.96. The van der Waals surface area contributed by atoms with Crippen molar-refractivity contribution in [2.45, 2.75) is 33.2 Å². The topological polar surface area (TPSA) is 17.8 Å². The standard InChI is InChI=1S/C8H13ClN2/c1-6-5-11(8(2,3)4)10-7(6)9/h5H,1-4H3. The van der Waals surface area contributed by atoms with Gasteiger partial charge in [-0.2, -0.15) is 5.10 Å². The third-order valence-electron chi connectivity index (χ3n) is 1.52. The van der Waals surface area contributed by atoms with Gasteiger partial charge in [0.25, 0.3) is 0 Å². The molecule has 0 bridgehead atoms. The SMILES string of the molecule is Cc1cn(C(C)(C)C)nc1Cl. The van der Waals surface area contributed by atoms with Crippen molar-refractivity contribution in [3.63, 3.8) is 0 Å². The molecule has 0 saturated heterocycles. The maximum absolute atomic E-state index is 5.80. The molecule has 1 aromatic rings. The molecule has 0 spiro atoms. The fourth-order valence-electron chi connectivity index (χ4n) is 0.783. The van der Waals surface area contributed by atoms with E-state index in [1.807, 2.05) is 17.8 Å². The Hall–Kier alpha value is -0.500. The van der Waals surface area contributed by atoms with Crippen LogP contribution in [0.3, 0.4) is 0 Å². The van der Waals surface area contributed by atoms with Crippen LogP contribution in [0.2, 0.25) is 5.15 Å². The predicted octanol–water partition coefficient (Wildman–Crippen LogP) is 2.60. The average molecular weight is 173 g/mol. The van der Waals surface area contributed by atoms with Crippen LogP contribution in [0.5, 0.6) is 0 Å². The van der Waals surface area contributed by atoms with Gasteiger partial charge in [0, 0.05) is 11.8 Å². The Labute approximate surface area is 72.2 Å². The molecule has 1 aromatic heterocycles. The van der Waals surface area contributed by atoms with Crippen molar-refractivity contribution in [2.24, 2.45) is 0 Å². The summed E-state index contributed by atoms with van der Waals surface area (Å²) in [5.41, 5.74) is 1.05. The van der Waals surface area contributed by atoms with E-state index < -0.39 is 0 Å². The summed E-state index contributed by atoms with van der Waals surface area (Å²) in [4.78, 5) is 0. The molecule has 0 N–H and O–H groups in total. The molecule has 0 radical (unpaired) electrons. The molecule has 0 saturated carbocycles. The summed E-state index contributed by atoms with van der Waals surface area (Å²) < 4.78 is 1.88. The molecule has 0 aromatic carbocycles. The van der Waals surface area contributed by atoms with Gasteiger partial charge in [0.1, 0.15) is 0 Å². The molecule has 0 fully saturated rings. The first-order valence-corrected chi connectivity index (χ1v) is 4.01. The lowest BCUT2D eigenvalue weighted by Crippen LogP contribution is -2.22. The molecule has 0 atom stereocenters. The lowest BCUT2D eigenvalue weighted by molar-refractivity contribution is 0.355. The molecule has 11 heavy (non-hydrogen) atoms. The molecule has 2 nitrogen and oxygen atoms in total. The summed E-state index contributed by atoms with van der Waals surface area (Å²) in [6, 6.07) is 0. The number of hydrogen-bond donors (Lipinski definition) is 0. The lowest BCUT2D eigenvalue weighted by atomic mass is 10.1. The molecule has 1 heterocycles. The fourth-order valence-corrected chi connectivity index (χ4v) is 0.913. The molecular weight excluding hydrogens is 160 g/mol. The normalized spacial score (nSPS) is 12.1. The third-order valence-corrected chi connectivity index (χ3v) is 1.90. The summed E-state index contributed by atoms with van der Waals surface area (Å²) in [6.45, 7) is 8.24. The smallest absolute Gasteiger partial charge is 0.153 e. The first-order chi connectivity index (χ1) is 4.91. The zero-order chi connectivity index (χ0) is 8.65. The van der Waals surface area contributed by atoms with Crippen LogP contribution in [0.1, 0.15) is 26.3 Å². The van der Waals surface area contributed by atoms with Crippen LogP contribution < -0.4 is 0 Å². The number of aromatic nitrogens is 2. The van der Waals surface area contributed by atoms with Crippen LogP contribution in [0, 0.1) is 6.92 Å². The van der Waals surface area contributed by atoms with Crippen LogP contribution in [-0.4, -0.2) is 9.78 Å². The van der Waals surface area contributed by atoms with E-state index in [9.17, 15) is 0 Å². The van der Waals surface area contributed by atoms with E-state index in [1.165, 1.54) is 0 Å². The molecule has 0 aliphatic carbocycles. The number of aryl methyl sites for hydroxylation is 1. The third kappa shape index (κ3) is 1.74. The van der Waals surface area contributed by atoms with Crippen molar-refractivity contribution in [1.29, 1.82) is 0 Å². The highest BCUT2D eigenvalue weighted by Crippen LogP contribution is 2.18. The predicted molar refractivity (Wildman–Crippen MR) is 47.0 cm³/mol. The van der Waals surface area contributed by atoms with Crippen LogP contribution in [0.25, 0.3) is 0 Å². The van der Waals surface area contributed by atoms with E-state index in [-0.39, 0.29) is 5.54 Å². The van der Waals surface area contributed by atoms with Gasteiger partial charge in [0.15, 0.2) is 5.15 Å². The number of nitrogens with zero attached hydrogens (tertiary/aromatic N) is 2. The Kier molecular flexibility index (Phi) is 1.97. The molecular formula is C8H13ClN2. The first-order valence-electron chi connectivity index (χ1n) is 3.63. The molecule has 62 valence electrons. The molecule has 0 aliphatic heterocycles. The Morgan fingerprint density at radius 1 is 1.45 bits per heavy atom. The average Bonchev–Trinajstić information content (AvgIpc) is 2.11. The van der Waals surface area contributed by atoms with Crippen LogP contribution >= 0.6 is 11.6 Å². The first kappa shape index (κ1) is 8.60. The van der Waals surface area contributed by atoms with Gasteiger partial charge in [0.05, 0.1) is 5.54 Å². The van der Waals surface area contributed by atoms with Crippen molar-refractivity contribution >= 4 is 11.6 Å². The zero-order valence-corrected chi connectivity index (χ0v) is 8.11. The van der Waals surface area contributed by atoms with E-state index >= 15 is 0 Å². The van der Waals surface area contributed by atoms with Crippen molar-refractivity contribution in [3.05, 3.63) is 16.9 Å². The Balaban J connectivity index is 3.08. The highest BCUT2D eigenvalue weighted by Gasteiger charge is 2.14. The van der Waals surface area contributed by atoms with Gasteiger partial charge in [-0.05, 0) is 27.7 Å². The second-order valence-electron chi connectivity index (χ2n) is 3.72. The van der Waals surface area contributed by atoms with Gasteiger partial charge in [0.2, 0.25) is 0 Å². The minimum atomic E-state index is 0.0257. The Morgan fingerprint density at radius 3 is 2.18 bits per heavy atom.